The molecule has 0 saturated heterocycles. The van der Waals surface area contributed by atoms with E-state index < -0.39 is 0 Å². The molecule has 0 aromatic heterocycles. The third-order valence-electron chi connectivity index (χ3n) is 7.51. The van der Waals surface area contributed by atoms with Gasteiger partial charge in [0.15, 0.2) is 0 Å². The second-order valence-corrected chi connectivity index (χ2v) is 9.39. The van der Waals surface area contributed by atoms with Crippen LogP contribution in [-0.4, -0.2) is 0 Å². The standard InChI is InChI=1S/C23H42/c1-7-9-17(5)18(6)22-12-13-23(22)21-14-19(8-2)20(15-21)11-10-16(3)4/h8,16-23H,2,7,9-15H2,1,3-6H3. The van der Waals surface area contributed by atoms with Gasteiger partial charge >= 0.3 is 0 Å². The van der Waals surface area contributed by atoms with E-state index in [0.29, 0.717) is 0 Å². The van der Waals surface area contributed by atoms with Gasteiger partial charge in [-0.1, -0.05) is 60.0 Å². The molecule has 0 amide bonds. The van der Waals surface area contributed by atoms with E-state index in [1.54, 1.807) is 0 Å². The Morgan fingerprint density at radius 1 is 1.04 bits per heavy atom. The molecule has 0 heterocycles. The molecule has 2 saturated carbocycles. The fraction of sp³-hybridized carbons (Fsp3) is 0.913. The molecule has 2 aliphatic carbocycles. The number of allylic oxidation sites excluding steroid dienone is 1. The largest absolute Gasteiger partial charge is 0.103 e. The Bertz CT molecular complexity index is 355. The van der Waals surface area contributed by atoms with Crippen molar-refractivity contribution in [2.75, 3.05) is 0 Å². The van der Waals surface area contributed by atoms with Crippen molar-refractivity contribution in [2.24, 2.45) is 47.3 Å². The second kappa shape index (κ2) is 8.72. The van der Waals surface area contributed by atoms with Gasteiger partial charge < -0.3 is 0 Å². The lowest BCUT2D eigenvalue weighted by Gasteiger charge is -2.46. The third-order valence-corrected chi connectivity index (χ3v) is 7.51. The quantitative estimate of drug-likeness (QED) is 0.390. The summed E-state index contributed by atoms with van der Waals surface area (Å²) in [4.78, 5) is 0. The minimum absolute atomic E-state index is 0.809. The Balaban J connectivity index is 1.90. The molecule has 0 heteroatoms. The number of hydrogen-bond acceptors (Lipinski definition) is 0. The summed E-state index contributed by atoms with van der Waals surface area (Å²) in [5, 5.41) is 0. The molecule has 7 atom stereocenters. The van der Waals surface area contributed by atoms with Crippen LogP contribution < -0.4 is 0 Å². The first-order chi connectivity index (χ1) is 11.0. The SMILES string of the molecule is C=CC1CC(C2CCC2C(C)C(C)CCC)CC1CCC(C)C. The molecule has 0 N–H and O–H groups in total. The smallest absolute Gasteiger partial charge is 0.0205 e. The van der Waals surface area contributed by atoms with Gasteiger partial charge in [-0.05, 0) is 79.4 Å². The van der Waals surface area contributed by atoms with E-state index in [2.05, 4.69) is 47.3 Å². The summed E-state index contributed by atoms with van der Waals surface area (Å²) in [7, 11) is 0. The minimum atomic E-state index is 0.809. The van der Waals surface area contributed by atoms with Crippen molar-refractivity contribution in [2.45, 2.75) is 86.0 Å². The lowest BCUT2D eigenvalue weighted by molar-refractivity contribution is 0.0344. The number of hydrogen-bond donors (Lipinski definition) is 0. The predicted molar refractivity (Wildman–Crippen MR) is 103 cm³/mol. The van der Waals surface area contributed by atoms with Crippen LogP contribution in [0.2, 0.25) is 0 Å². The molecule has 7 unspecified atom stereocenters. The summed E-state index contributed by atoms with van der Waals surface area (Å²) in [5.74, 6) is 7.52. The summed E-state index contributed by atoms with van der Waals surface area (Å²) in [6.07, 6.45) is 13.9. The summed E-state index contributed by atoms with van der Waals surface area (Å²) in [6, 6.07) is 0. The van der Waals surface area contributed by atoms with Crippen molar-refractivity contribution < 1.29 is 0 Å². The monoisotopic (exact) mass is 318 g/mol. The fourth-order valence-corrected chi connectivity index (χ4v) is 5.65. The molecule has 134 valence electrons. The highest BCUT2D eigenvalue weighted by Crippen LogP contribution is 2.54. The van der Waals surface area contributed by atoms with E-state index in [0.717, 1.165) is 47.3 Å². The maximum Gasteiger partial charge on any atom is -0.0205 e. The van der Waals surface area contributed by atoms with Crippen LogP contribution in [0.1, 0.15) is 86.0 Å². The molecule has 0 bridgehead atoms. The first kappa shape index (κ1) is 19.1. The predicted octanol–water partition coefficient (Wildman–Crippen LogP) is 7.35. The second-order valence-electron chi connectivity index (χ2n) is 9.39. The number of rotatable bonds is 9. The van der Waals surface area contributed by atoms with Crippen LogP contribution in [0.3, 0.4) is 0 Å². The zero-order chi connectivity index (χ0) is 17.0. The van der Waals surface area contributed by atoms with Gasteiger partial charge in [-0.2, -0.15) is 0 Å². The average Bonchev–Trinajstić information content (AvgIpc) is 2.86. The van der Waals surface area contributed by atoms with Crippen molar-refractivity contribution in [1.82, 2.24) is 0 Å². The van der Waals surface area contributed by atoms with Crippen LogP contribution in [0.25, 0.3) is 0 Å². The molecule has 0 nitrogen and oxygen atoms in total. The summed E-state index contributed by atoms with van der Waals surface area (Å²) in [6.45, 7) is 16.3. The van der Waals surface area contributed by atoms with Gasteiger partial charge in [0.05, 0.1) is 0 Å². The highest BCUT2D eigenvalue weighted by atomic mass is 14.5. The van der Waals surface area contributed by atoms with Gasteiger partial charge in [0.25, 0.3) is 0 Å². The topological polar surface area (TPSA) is 0 Å². The molecular formula is C23H42. The molecule has 0 aromatic rings. The molecular weight excluding hydrogens is 276 g/mol. The third kappa shape index (κ3) is 4.64. The maximum atomic E-state index is 4.16. The molecule has 23 heavy (non-hydrogen) atoms. The Kier molecular flexibility index (Phi) is 7.23. The molecule has 2 fully saturated rings. The van der Waals surface area contributed by atoms with Crippen LogP contribution in [0.4, 0.5) is 0 Å². The van der Waals surface area contributed by atoms with E-state index in [1.807, 2.05) is 0 Å². The Morgan fingerprint density at radius 2 is 1.78 bits per heavy atom. The van der Waals surface area contributed by atoms with E-state index in [9.17, 15) is 0 Å². The highest BCUT2D eigenvalue weighted by molar-refractivity contribution is 4.99. The Hall–Kier alpha value is -0.260. The van der Waals surface area contributed by atoms with Gasteiger partial charge in [0, 0.05) is 0 Å². The normalized spacial score (nSPS) is 36.7. The first-order valence-corrected chi connectivity index (χ1v) is 10.6. The molecule has 0 aliphatic heterocycles. The van der Waals surface area contributed by atoms with Crippen molar-refractivity contribution in [1.29, 1.82) is 0 Å². The molecule has 2 rings (SSSR count). The molecule has 2 aliphatic rings. The summed E-state index contributed by atoms with van der Waals surface area (Å²) in [5.41, 5.74) is 0. The van der Waals surface area contributed by atoms with Gasteiger partial charge in [-0.3, -0.25) is 0 Å². The average molecular weight is 319 g/mol. The molecule has 0 spiro atoms. The molecule has 0 aromatic carbocycles. The van der Waals surface area contributed by atoms with E-state index >= 15 is 0 Å². The van der Waals surface area contributed by atoms with Crippen LogP contribution in [0.15, 0.2) is 12.7 Å². The molecule has 0 radical (unpaired) electrons. The fourth-order valence-electron chi connectivity index (χ4n) is 5.65. The van der Waals surface area contributed by atoms with E-state index in [1.165, 1.54) is 51.4 Å². The van der Waals surface area contributed by atoms with Gasteiger partial charge in [0.1, 0.15) is 0 Å². The summed E-state index contributed by atoms with van der Waals surface area (Å²) >= 11 is 0. The lowest BCUT2D eigenvalue weighted by Crippen LogP contribution is -2.38. The van der Waals surface area contributed by atoms with Gasteiger partial charge in [-0.15, -0.1) is 6.58 Å². The zero-order valence-corrected chi connectivity index (χ0v) is 16.6. The van der Waals surface area contributed by atoms with Crippen LogP contribution in [0, 0.1) is 47.3 Å². The van der Waals surface area contributed by atoms with Gasteiger partial charge in [-0.25, -0.2) is 0 Å². The maximum absolute atomic E-state index is 4.16. The van der Waals surface area contributed by atoms with Crippen molar-refractivity contribution in [3.63, 3.8) is 0 Å². The Morgan fingerprint density at radius 3 is 2.30 bits per heavy atom. The zero-order valence-electron chi connectivity index (χ0n) is 16.6. The highest BCUT2D eigenvalue weighted by Gasteiger charge is 2.45. The Labute approximate surface area is 146 Å². The van der Waals surface area contributed by atoms with E-state index in [-0.39, 0.29) is 0 Å². The lowest BCUT2D eigenvalue weighted by atomic mass is 9.59. The van der Waals surface area contributed by atoms with Crippen molar-refractivity contribution >= 4 is 0 Å². The first-order valence-electron chi connectivity index (χ1n) is 10.6. The summed E-state index contributed by atoms with van der Waals surface area (Å²) < 4.78 is 0. The minimum Gasteiger partial charge on any atom is -0.103 e. The van der Waals surface area contributed by atoms with Crippen LogP contribution in [0.5, 0.6) is 0 Å². The van der Waals surface area contributed by atoms with Crippen LogP contribution in [-0.2, 0) is 0 Å². The van der Waals surface area contributed by atoms with Crippen molar-refractivity contribution in [3.05, 3.63) is 12.7 Å². The van der Waals surface area contributed by atoms with Crippen LogP contribution >= 0.6 is 0 Å². The van der Waals surface area contributed by atoms with Crippen molar-refractivity contribution in [3.8, 4) is 0 Å². The van der Waals surface area contributed by atoms with Gasteiger partial charge in [0.2, 0.25) is 0 Å². The van der Waals surface area contributed by atoms with E-state index in [4.69, 9.17) is 0 Å².